The zero-order chi connectivity index (χ0) is 22.9. The largest absolute Gasteiger partial charge is 0.362 e. The predicted molar refractivity (Wildman–Crippen MR) is 138 cm³/mol. The van der Waals surface area contributed by atoms with E-state index in [0.29, 0.717) is 34.9 Å². The van der Waals surface area contributed by atoms with E-state index in [-0.39, 0.29) is 5.56 Å². The third kappa shape index (κ3) is 3.72. The molecule has 0 unspecified atom stereocenters. The third-order valence-corrected chi connectivity index (χ3v) is 6.51. The average molecular weight is 462 g/mol. The maximum Gasteiger partial charge on any atom is 0.258 e. The van der Waals surface area contributed by atoms with Gasteiger partial charge in [0.05, 0.1) is 22.8 Å². The number of aromatic nitrogens is 4. The van der Waals surface area contributed by atoms with Gasteiger partial charge in [0.2, 0.25) is 0 Å². The van der Waals surface area contributed by atoms with Crippen molar-refractivity contribution in [1.29, 1.82) is 0 Å². The minimum absolute atomic E-state index is 0.152. The highest BCUT2D eigenvalue weighted by Gasteiger charge is 2.16. The molecule has 6 rings (SSSR count). The van der Waals surface area contributed by atoms with Gasteiger partial charge in [-0.15, -0.1) is 11.3 Å². The van der Waals surface area contributed by atoms with Crippen LogP contribution in [-0.2, 0) is 6.54 Å². The van der Waals surface area contributed by atoms with E-state index < -0.39 is 0 Å². The van der Waals surface area contributed by atoms with Crippen LogP contribution in [0.25, 0.3) is 43.6 Å². The summed E-state index contributed by atoms with van der Waals surface area (Å²) in [6.45, 7) is 0.324. The second kappa shape index (κ2) is 8.53. The summed E-state index contributed by atoms with van der Waals surface area (Å²) in [7, 11) is 0. The van der Waals surface area contributed by atoms with Gasteiger partial charge in [-0.2, -0.15) is 0 Å². The van der Waals surface area contributed by atoms with Crippen LogP contribution < -0.4 is 10.9 Å². The number of hydrogen-bond donors (Lipinski definition) is 2. The van der Waals surface area contributed by atoms with Crippen molar-refractivity contribution < 1.29 is 0 Å². The fourth-order valence-corrected chi connectivity index (χ4v) is 4.95. The molecule has 0 aliphatic heterocycles. The molecule has 34 heavy (non-hydrogen) atoms. The van der Waals surface area contributed by atoms with Crippen molar-refractivity contribution in [3.8, 4) is 22.5 Å². The SMILES string of the molecule is O=c1[nH]c(CNc2nc(-c3ccccc3)nc3scc(-c4ccccc4)c23)nc2ccccc12. The Bertz CT molecular complexity index is 1680. The van der Waals surface area contributed by atoms with Crippen LogP contribution in [0.2, 0.25) is 0 Å². The van der Waals surface area contributed by atoms with Crippen molar-refractivity contribution in [2.45, 2.75) is 6.54 Å². The molecule has 0 spiro atoms. The Morgan fingerprint density at radius 3 is 2.29 bits per heavy atom. The molecule has 3 heterocycles. The lowest BCUT2D eigenvalue weighted by atomic mass is 10.1. The Kier molecular flexibility index (Phi) is 5.08. The topological polar surface area (TPSA) is 83.6 Å². The third-order valence-electron chi connectivity index (χ3n) is 5.64. The number of rotatable bonds is 5. The number of para-hydroxylation sites is 1. The van der Waals surface area contributed by atoms with Crippen molar-refractivity contribution in [3.63, 3.8) is 0 Å². The van der Waals surface area contributed by atoms with Gasteiger partial charge in [-0.1, -0.05) is 72.8 Å². The molecule has 0 bridgehead atoms. The molecule has 7 heteroatoms. The Labute approximate surface area is 199 Å². The molecule has 164 valence electrons. The van der Waals surface area contributed by atoms with Gasteiger partial charge in [0.15, 0.2) is 5.82 Å². The van der Waals surface area contributed by atoms with Crippen LogP contribution in [0.4, 0.5) is 5.82 Å². The van der Waals surface area contributed by atoms with E-state index in [1.54, 1.807) is 17.4 Å². The molecule has 2 N–H and O–H groups in total. The Balaban J connectivity index is 1.46. The first-order chi connectivity index (χ1) is 16.8. The lowest BCUT2D eigenvalue weighted by Crippen LogP contribution is -2.15. The number of nitrogens with one attached hydrogen (secondary N) is 2. The molecular weight excluding hydrogens is 442 g/mol. The summed E-state index contributed by atoms with van der Waals surface area (Å²) >= 11 is 1.59. The highest BCUT2D eigenvalue weighted by molar-refractivity contribution is 7.17. The van der Waals surface area contributed by atoms with Crippen LogP contribution in [0.5, 0.6) is 0 Å². The summed E-state index contributed by atoms with van der Waals surface area (Å²) in [5, 5.41) is 7.07. The second-order valence-corrected chi connectivity index (χ2v) is 8.70. The number of benzene rings is 3. The van der Waals surface area contributed by atoms with E-state index in [2.05, 4.69) is 32.8 Å². The van der Waals surface area contributed by atoms with Crippen LogP contribution in [0.15, 0.2) is 95.1 Å². The highest BCUT2D eigenvalue weighted by atomic mass is 32.1. The van der Waals surface area contributed by atoms with Gasteiger partial charge >= 0.3 is 0 Å². The minimum atomic E-state index is -0.152. The fourth-order valence-electron chi connectivity index (χ4n) is 4.00. The van der Waals surface area contributed by atoms with Gasteiger partial charge in [-0.05, 0) is 17.7 Å². The molecule has 0 saturated carbocycles. The van der Waals surface area contributed by atoms with Gasteiger partial charge in [-0.3, -0.25) is 4.79 Å². The molecule has 0 aliphatic rings. The first-order valence-corrected chi connectivity index (χ1v) is 11.8. The van der Waals surface area contributed by atoms with Crippen LogP contribution in [0.3, 0.4) is 0 Å². The van der Waals surface area contributed by atoms with Gasteiger partial charge in [0.25, 0.3) is 5.56 Å². The number of aromatic amines is 1. The first kappa shape index (κ1) is 20.3. The normalized spacial score (nSPS) is 11.2. The monoisotopic (exact) mass is 461 g/mol. The van der Waals surface area contributed by atoms with Crippen molar-refractivity contribution in [3.05, 3.63) is 106 Å². The molecule has 0 fully saturated rings. The van der Waals surface area contributed by atoms with Gasteiger partial charge < -0.3 is 10.3 Å². The number of anilines is 1. The molecule has 0 amide bonds. The maximum atomic E-state index is 12.5. The smallest absolute Gasteiger partial charge is 0.258 e. The van der Waals surface area contributed by atoms with Gasteiger partial charge in [-0.25, -0.2) is 15.0 Å². The molecule has 6 aromatic rings. The van der Waals surface area contributed by atoms with Crippen molar-refractivity contribution in [1.82, 2.24) is 19.9 Å². The number of H-pyrrole nitrogens is 1. The summed E-state index contributed by atoms with van der Waals surface area (Å²) in [5.74, 6) is 1.91. The highest BCUT2D eigenvalue weighted by Crippen LogP contribution is 2.38. The summed E-state index contributed by atoms with van der Waals surface area (Å²) in [4.78, 5) is 30.7. The van der Waals surface area contributed by atoms with Crippen molar-refractivity contribution >= 4 is 38.3 Å². The fraction of sp³-hybridized carbons (Fsp3) is 0.0370. The molecule has 3 aromatic carbocycles. The summed E-state index contributed by atoms with van der Waals surface area (Å²) in [5.41, 5.74) is 3.63. The molecular formula is C27H19N5OS. The number of nitrogens with zero attached hydrogens (tertiary/aromatic N) is 3. The predicted octanol–water partition coefficient (Wildman–Crippen LogP) is 5.87. The molecule has 6 nitrogen and oxygen atoms in total. The van der Waals surface area contributed by atoms with E-state index >= 15 is 0 Å². The molecule has 0 atom stereocenters. The summed E-state index contributed by atoms with van der Waals surface area (Å²) < 4.78 is 0. The van der Waals surface area contributed by atoms with Crippen molar-refractivity contribution in [2.24, 2.45) is 0 Å². The van der Waals surface area contributed by atoms with E-state index in [9.17, 15) is 4.79 Å². The van der Waals surface area contributed by atoms with Gasteiger partial charge in [0.1, 0.15) is 16.5 Å². The average Bonchev–Trinajstić information content (AvgIpc) is 3.33. The zero-order valence-corrected chi connectivity index (χ0v) is 18.8. The first-order valence-electron chi connectivity index (χ1n) is 10.9. The van der Waals surface area contributed by atoms with E-state index in [1.165, 1.54) is 0 Å². The lowest BCUT2D eigenvalue weighted by molar-refractivity contribution is 0.947. The van der Waals surface area contributed by atoms with Crippen LogP contribution in [0, 0.1) is 0 Å². The van der Waals surface area contributed by atoms with Crippen LogP contribution >= 0.6 is 11.3 Å². The van der Waals surface area contributed by atoms with Crippen LogP contribution in [0.1, 0.15) is 5.82 Å². The standard InChI is InChI=1S/C27H19N5OS/c33-26-19-13-7-8-14-21(19)29-22(30-26)15-28-25-23-20(17-9-3-1-4-10-17)16-34-27(23)32-24(31-25)18-11-5-2-6-12-18/h1-14,16H,15H2,(H,28,31,32)(H,29,30,33). The number of fused-ring (bicyclic) bond motifs is 2. The Morgan fingerprint density at radius 2 is 1.50 bits per heavy atom. The van der Waals surface area contributed by atoms with E-state index in [4.69, 9.17) is 9.97 Å². The number of hydrogen-bond acceptors (Lipinski definition) is 6. The molecule has 0 aliphatic carbocycles. The maximum absolute atomic E-state index is 12.5. The molecule has 0 saturated heterocycles. The summed E-state index contributed by atoms with van der Waals surface area (Å²) in [6, 6.07) is 27.5. The summed E-state index contributed by atoms with van der Waals surface area (Å²) in [6.07, 6.45) is 0. The second-order valence-electron chi connectivity index (χ2n) is 7.84. The Hall–Kier alpha value is -4.36. The lowest BCUT2D eigenvalue weighted by Gasteiger charge is -2.11. The molecule has 0 radical (unpaired) electrons. The minimum Gasteiger partial charge on any atom is -0.362 e. The zero-order valence-electron chi connectivity index (χ0n) is 18.0. The van der Waals surface area contributed by atoms with E-state index in [0.717, 1.165) is 26.9 Å². The number of thiophene rings is 1. The van der Waals surface area contributed by atoms with Crippen LogP contribution in [-0.4, -0.2) is 19.9 Å². The van der Waals surface area contributed by atoms with Crippen molar-refractivity contribution in [2.75, 3.05) is 5.32 Å². The van der Waals surface area contributed by atoms with E-state index in [1.807, 2.05) is 66.7 Å². The Morgan fingerprint density at radius 1 is 0.794 bits per heavy atom. The molecule has 3 aromatic heterocycles. The quantitative estimate of drug-likeness (QED) is 0.335. The van der Waals surface area contributed by atoms with Gasteiger partial charge in [0, 0.05) is 16.5 Å².